The molecule has 0 saturated carbocycles. The molecule has 149 valence electrons. The van der Waals surface area contributed by atoms with E-state index < -0.39 is 5.97 Å². The van der Waals surface area contributed by atoms with Gasteiger partial charge in [0.2, 0.25) is 0 Å². The molecule has 0 saturated heterocycles. The fourth-order valence-corrected chi connectivity index (χ4v) is 3.16. The second kappa shape index (κ2) is 9.88. The van der Waals surface area contributed by atoms with Crippen molar-refractivity contribution in [1.29, 1.82) is 0 Å². The molecule has 0 bridgehead atoms. The minimum absolute atomic E-state index is 0. The predicted molar refractivity (Wildman–Crippen MR) is 115 cm³/mol. The quantitative estimate of drug-likeness (QED) is 0.280. The molecule has 0 aliphatic carbocycles. The topological polar surface area (TPSA) is 63.1 Å². The molecule has 30 heavy (non-hydrogen) atoms. The van der Waals surface area contributed by atoms with Crippen molar-refractivity contribution in [1.82, 2.24) is 9.97 Å². The summed E-state index contributed by atoms with van der Waals surface area (Å²) < 4.78 is 0. The van der Waals surface area contributed by atoms with Crippen LogP contribution in [0.3, 0.4) is 0 Å². The zero-order valence-corrected chi connectivity index (χ0v) is 18.2. The summed E-state index contributed by atoms with van der Waals surface area (Å²) in [6.07, 6.45) is 3.35. The maximum Gasteiger partial charge on any atom is 0.355 e. The average Bonchev–Trinajstić information content (AvgIpc) is 2.79. The van der Waals surface area contributed by atoms with Gasteiger partial charge < -0.3 is 10.1 Å². The molecule has 5 aromatic rings. The van der Waals surface area contributed by atoms with Crippen LogP contribution < -0.4 is 0 Å². The summed E-state index contributed by atoms with van der Waals surface area (Å²) in [6.45, 7) is 0. The van der Waals surface area contributed by atoms with E-state index in [4.69, 9.17) is 5.11 Å². The van der Waals surface area contributed by atoms with Gasteiger partial charge in [0.05, 0.1) is 0 Å². The van der Waals surface area contributed by atoms with Crippen LogP contribution in [0.1, 0.15) is 10.5 Å². The molecule has 0 amide bonds. The molecular weight excluding hydrogens is 553 g/mol. The predicted octanol–water partition coefficient (Wildman–Crippen LogP) is 5.63. The Morgan fingerprint density at radius 3 is 2.00 bits per heavy atom. The molecule has 5 heteroatoms. The zero-order valence-electron chi connectivity index (χ0n) is 15.8. The van der Waals surface area contributed by atoms with Gasteiger partial charge in [-0.2, -0.15) is 0 Å². The van der Waals surface area contributed by atoms with E-state index in [1.54, 1.807) is 18.2 Å². The SMILES string of the molecule is O=C(O)c1nccc2ccccc12.[Ir].[c-]1ccccc1-c1nccc2ccccc12. The van der Waals surface area contributed by atoms with Crippen molar-refractivity contribution in [2.45, 2.75) is 0 Å². The molecule has 0 unspecified atom stereocenters. The molecular formula is C25H17IrN2O2-. The summed E-state index contributed by atoms with van der Waals surface area (Å²) in [5.41, 5.74) is 2.15. The molecule has 1 N–H and O–H groups in total. The Kier molecular flexibility index (Phi) is 7.02. The number of nitrogens with zero attached hydrogens (tertiary/aromatic N) is 2. The van der Waals surface area contributed by atoms with Crippen LogP contribution >= 0.6 is 0 Å². The number of fused-ring (bicyclic) bond motifs is 2. The van der Waals surface area contributed by atoms with Crippen LogP contribution in [0.2, 0.25) is 0 Å². The van der Waals surface area contributed by atoms with Gasteiger partial charge in [-0.3, -0.25) is 0 Å². The van der Waals surface area contributed by atoms with E-state index in [0.717, 1.165) is 16.6 Å². The van der Waals surface area contributed by atoms with Crippen LogP contribution in [0.4, 0.5) is 0 Å². The molecule has 0 fully saturated rings. The third-order valence-electron chi connectivity index (χ3n) is 4.51. The number of benzene rings is 3. The molecule has 0 aliphatic heterocycles. The van der Waals surface area contributed by atoms with Gasteiger partial charge >= 0.3 is 5.97 Å². The summed E-state index contributed by atoms with van der Waals surface area (Å²) in [5, 5.41) is 12.8. The number of aromatic nitrogens is 2. The normalized spacial score (nSPS) is 10.0. The van der Waals surface area contributed by atoms with Gasteiger partial charge in [-0.15, -0.1) is 35.9 Å². The monoisotopic (exact) mass is 570 g/mol. The fourth-order valence-electron chi connectivity index (χ4n) is 3.16. The smallest absolute Gasteiger partial charge is 0.355 e. The Bertz CT molecular complexity index is 1280. The van der Waals surface area contributed by atoms with E-state index in [2.05, 4.69) is 28.2 Å². The molecule has 2 aromatic heterocycles. The molecule has 1 radical (unpaired) electrons. The van der Waals surface area contributed by atoms with Crippen molar-refractivity contribution in [3.63, 3.8) is 0 Å². The van der Waals surface area contributed by atoms with E-state index in [1.165, 1.54) is 17.0 Å². The molecule has 0 atom stereocenters. The summed E-state index contributed by atoms with van der Waals surface area (Å²) in [5.74, 6) is -0.989. The second-order valence-corrected chi connectivity index (χ2v) is 6.34. The molecule has 2 heterocycles. The number of carbonyl (C=O) groups is 1. The summed E-state index contributed by atoms with van der Waals surface area (Å²) in [4.78, 5) is 19.0. The van der Waals surface area contributed by atoms with Crippen molar-refractivity contribution in [2.75, 3.05) is 0 Å². The van der Waals surface area contributed by atoms with Gasteiger partial charge in [0.1, 0.15) is 0 Å². The van der Waals surface area contributed by atoms with E-state index >= 15 is 0 Å². The van der Waals surface area contributed by atoms with Gasteiger partial charge in [0.25, 0.3) is 0 Å². The van der Waals surface area contributed by atoms with Crippen molar-refractivity contribution in [3.05, 3.63) is 109 Å². The van der Waals surface area contributed by atoms with Crippen LogP contribution in [0.15, 0.2) is 97.3 Å². The van der Waals surface area contributed by atoms with Gasteiger partial charge in [0, 0.05) is 37.9 Å². The minimum Gasteiger partial charge on any atom is -0.476 e. The number of hydrogen-bond acceptors (Lipinski definition) is 3. The molecule has 0 spiro atoms. The Labute approximate surface area is 187 Å². The zero-order chi connectivity index (χ0) is 20.1. The fraction of sp³-hybridized carbons (Fsp3) is 0. The Hall–Kier alpha value is -3.40. The maximum absolute atomic E-state index is 10.8. The van der Waals surface area contributed by atoms with E-state index in [-0.39, 0.29) is 25.8 Å². The first-order valence-electron chi connectivity index (χ1n) is 9.12. The number of carboxylic acids is 1. The van der Waals surface area contributed by atoms with E-state index in [1.807, 2.05) is 60.8 Å². The van der Waals surface area contributed by atoms with Crippen LogP contribution in [0.25, 0.3) is 32.8 Å². The number of aromatic carboxylic acids is 1. The first-order chi connectivity index (χ1) is 14.2. The van der Waals surface area contributed by atoms with E-state index in [9.17, 15) is 4.79 Å². The molecule has 5 rings (SSSR count). The van der Waals surface area contributed by atoms with Crippen LogP contribution in [-0.2, 0) is 20.1 Å². The number of pyridine rings is 2. The van der Waals surface area contributed by atoms with Crippen molar-refractivity contribution in [3.8, 4) is 11.3 Å². The number of carboxylic acid groups (broad SMARTS) is 1. The second-order valence-electron chi connectivity index (χ2n) is 6.34. The third kappa shape index (κ3) is 4.60. The van der Waals surface area contributed by atoms with Crippen molar-refractivity contribution < 1.29 is 30.0 Å². The van der Waals surface area contributed by atoms with Gasteiger partial charge in [-0.1, -0.05) is 48.5 Å². The summed E-state index contributed by atoms with van der Waals surface area (Å²) in [7, 11) is 0. The minimum atomic E-state index is -0.989. The van der Waals surface area contributed by atoms with Gasteiger partial charge in [0.15, 0.2) is 5.69 Å². The largest absolute Gasteiger partial charge is 0.476 e. The number of hydrogen-bond donors (Lipinski definition) is 1. The Morgan fingerprint density at radius 2 is 1.33 bits per heavy atom. The Balaban J connectivity index is 0.000000169. The van der Waals surface area contributed by atoms with Gasteiger partial charge in [-0.25, -0.2) is 9.78 Å². The van der Waals surface area contributed by atoms with Crippen LogP contribution in [0, 0.1) is 6.07 Å². The summed E-state index contributed by atoms with van der Waals surface area (Å²) in [6, 6.07) is 30.5. The first-order valence-corrected chi connectivity index (χ1v) is 9.12. The summed E-state index contributed by atoms with van der Waals surface area (Å²) >= 11 is 0. The maximum atomic E-state index is 10.8. The van der Waals surface area contributed by atoms with Crippen LogP contribution in [0.5, 0.6) is 0 Å². The van der Waals surface area contributed by atoms with Gasteiger partial charge in [-0.05, 0) is 34.0 Å². The molecule has 4 nitrogen and oxygen atoms in total. The Morgan fingerprint density at radius 1 is 0.733 bits per heavy atom. The van der Waals surface area contributed by atoms with Crippen molar-refractivity contribution in [2.24, 2.45) is 0 Å². The standard InChI is InChI=1S/C15H10N.C10H7NO2.Ir/c1-2-7-13(8-3-1)15-14-9-5-4-6-12(14)10-11-16-15;12-10(13)9-8-4-2-1-3-7(8)5-6-11-9;/h1-7,9-11H;1-6H,(H,12,13);/q-1;;. The van der Waals surface area contributed by atoms with E-state index in [0.29, 0.717) is 5.39 Å². The molecule has 3 aromatic carbocycles. The molecule has 0 aliphatic rings. The van der Waals surface area contributed by atoms with Crippen LogP contribution in [-0.4, -0.2) is 21.0 Å². The third-order valence-corrected chi connectivity index (χ3v) is 4.51. The van der Waals surface area contributed by atoms with Crippen molar-refractivity contribution >= 4 is 27.5 Å². The number of rotatable bonds is 2. The average molecular weight is 570 g/mol. The first kappa shape index (κ1) is 21.3.